The summed E-state index contributed by atoms with van der Waals surface area (Å²) in [5.74, 6) is 0.269. The molecule has 0 radical (unpaired) electrons. The van der Waals surface area contributed by atoms with Gasteiger partial charge in [0.15, 0.2) is 0 Å². The lowest BCUT2D eigenvalue weighted by atomic mass is 10.1. The molecule has 0 aliphatic carbocycles. The van der Waals surface area contributed by atoms with E-state index in [-0.39, 0.29) is 22.8 Å². The number of fused-ring (bicyclic) bond motifs is 2. The lowest BCUT2D eigenvalue weighted by molar-refractivity contribution is -0.0498. The number of alkyl halides is 2. The average molecular weight is 463 g/mol. The van der Waals surface area contributed by atoms with Crippen molar-refractivity contribution in [3.8, 4) is 28.4 Å². The summed E-state index contributed by atoms with van der Waals surface area (Å²) in [4.78, 5) is 22.7. The molecule has 0 bridgehead atoms. The molecule has 0 amide bonds. The van der Waals surface area contributed by atoms with Gasteiger partial charge in [-0.1, -0.05) is 12.1 Å². The Kier molecular flexibility index (Phi) is 5.40. The van der Waals surface area contributed by atoms with E-state index < -0.39 is 6.61 Å². The van der Waals surface area contributed by atoms with E-state index in [1.807, 2.05) is 32.3 Å². The Hall–Kier alpha value is -4.34. The van der Waals surface area contributed by atoms with Crippen molar-refractivity contribution in [3.63, 3.8) is 0 Å². The van der Waals surface area contributed by atoms with Gasteiger partial charge in [-0.25, -0.2) is 9.97 Å². The summed E-state index contributed by atoms with van der Waals surface area (Å²) in [6.45, 7) is -0.735. The molecule has 0 unspecified atom stereocenters. The highest BCUT2D eigenvalue weighted by molar-refractivity contribution is 5.91. The second kappa shape index (κ2) is 8.54. The van der Waals surface area contributed by atoms with Crippen LogP contribution in [0.15, 0.2) is 65.8 Å². The molecular formula is C24H19F2N5O3. The van der Waals surface area contributed by atoms with Crippen molar-refractivity contribution >= 4 is 21.9 Å². The normalized spacial score (nSPS) is 11.4. The van der Waals surface area contributed by atoms with Crippen LogP contribution in [0, 0.1) is 0 Å². The van der Waals surface area contributed by atoms with Crippen LogP contribution in [0.1, 0.15) is 6.92 Å². The van der Waals surface area contributed by atoms with Gasteiger partial charge in [0.05, 0.1) is 23.9 Å². The monoisotopic (exact) mass is 463 g/mol. The van der Waals surface area contributed by atoms with Crippen LogP contribution in [0.25, 0.3) is 38.8 Å². The van der Waals surface area contributed by atoms with Gasteiger partial charge in [-0.05, 0) is 42.8 Å². The molecule has 10 heteroatoms. The summed E-state index contributed by atoms with van der Waals surface area (Å²) in [5.41, 5.74) is 2.64. The number of rotatable bonds is 6. The first-order valence-electron chi connectivity index (χ1n) is 10.5. The third-order valence-corrected chi connectivity index (χ3v) is 5.24. The third kappa shape index (κ3) is 3.94. The minimum atomic E-state index is -2.94. The van der Waals surface area contributed by atoms with Gasteiger partial charge in [-0.15, -0.1) is 0 Å². The van der Waals surface area contributed by atoms with Gasteiger partial charge in [-0.3, -0.25) is 14.0 Å². The number of ether oxygens (including phenoxy) is 2. The van der Waals surface area contributed by atoms with Crippen molar-refractivity contribution in [1.82, 2.24) is 24.3 Å². The molecule has 0 N–H and O–H groups in total. The van der Waals surface area contributed by atoms with Crippen LogP contribution in [-0.2, 0) is 7.05 Å². The number of hydrogen-bond donors (Lipinski definition) is 0. The summed E-state index contributed by atoms with van der Waals surface area (Å²) < 4.78 is 38.3. The van der Waals surface area contributed by atoms with Gasteiger partial charge < -0.3 is 9.47 Å². The van der Waals surface area contributed by atoms with E-state index in [0.717, 1.165) is 10.9 Å². The smallest absolute Gasteiger partial charge is 0.387 e. The van der Waals surface area contributed by atoms with Crippen LogP contribution in [0.5, 0.6) is 11.6 Å². The lowest BCUT2D eigenvalue weighted by Gasteiger charge is -2.13. The number of aryl methyl sites for hydroxylation is 1. The van der Waals surface area contributed by atoms with Gasteiger partial charge in [0.1, 0.15) is 16.8 Å². The van der Waals surface area contributed by atoms with Crippen LogP contribution >= 0.6 is 0 Å². The molecular weight excluding hydrogens is 444 g/mol. The zero-order valence-corrected chi connectivity index (χ0v) is 18.3. The fourth-order valence-electron chi connectivity index (χ4n) is 3.82. The molecule has 34 heavy (non-hydrogen) atoms. The second-order valence-electron chi connectivity index (χ2n) is 7.50. The van der Waals surface area contributed by atoms with Crippen LogP contribution in [0.2, 0.25) is 0 Å². The molecule has 0 saturated heterocycles. The van der Waals surface area contributed by atoms with Gasteiger partial charge in [0, 0.05) is 30.5 Å². The lowest BCUT2D eigenvalue weighted by Crippen LogP contribution is -2.21. The van der Waals surface area contributed by atoms with Crippen molar-refractivity contribution in [2.75, 3.05) is 6.61 Å². The number of benzene rings is 2. The van der Waals surface area contributed by atoms with Gasteiger partial charge in [-0.2, -0.15) is 13.9 Å². The van der Waals surface area contributed by atoms with Gasteiger partial charge in [0.2, 0.25) is 5.88 Å². The number of aromatic nitrogens is 5. The number of hydrogen-bond acceptors (Lipinski definition) is 6. The SMILES string of the molecule is CCOc1cnc2cn(-c3ccc4nn(C)cc4c3)c(=O)c(-c3ccc(OC(F)F)cc3)c2n1. The van der Waals surface area contributed by atoms with E-state index >= 15 is 0 Å². The van der Waals surface area contributed by atoms with Crippen molar-refractivity contribution in [2.45, 2.75) is 13.5 Å². The largest absolute Gasteiger partial charge is 0.477 e. The van der Waals surface area contributed by atoms with Gasteiger partial charge in [0.25, 0.3) is 5.56 Å². The minimum absolute atomic E-state index is 0.0116. The first kappa shape index (κ1) is 21.5. The fraction of sp³-hybridized carbons (Fsp3) is 0.167. The summed E-state index contributed by atoms with van der Waals surface area (Å²) in [5, 5.41) is 5.24. The fourth-order valence-corrected chi connectivity index (χ4v) is 3.82. The maximum atomic E-state index is 13.7. The summed E-state index contributed by atoms with van der Waals surface area (Å²) in [6, 6.07) is 11.3. The van der Waals surface area contributed by atoms with Gasteiger partial charge >= 0.3 is 6.61 Å². The van der Waals surface area contributed by atoms with E-state index in [1.165, 1.54) is 35.0 Å². The molecule has 0 spiro atoms. The quantitative estimate of drug-likeness (QED) is 0.373. The standard InChI is InChI=1S/C24H19F2N5O3/c1-3-33-20-11-27-19-13-31(16-6-9-18-15(10-16)12-30(2)29-18)23(32)21(22(19)28-20)14-4-7-17(8-5-14)34-24(25)26/h4-13,24H,3H2,1-2H3. The van der Waals surface area contributed by atoms with Crippen molar-refractivity contribution in [1.29, 1.82) is 0 Å². The summed E-state index contributed by atoms with van der Waals surface area (Å²) in [6.07, 6.45) is 4.98. The predicted molar refractivity (Wildman–Crippen MR) is 123 cm³/mol. The molecule has 0 atom stereocenters. The Morgan fingerprint density at radius 2 is 1.85 bits per heavy atom. The highest BCUT2D eigenvalue weighted by Gasteiger charge is 2.17. The van der Waals surface area contributed by atoms with Crippen molar-refractivity contribution in [2.24, 2.45) is 7.05 Å². The van der Waals surface area contributed by atoms with Crippen molar-refractivity contribution in [3.05, 3.63) is 71.4 Å². The Bertz CT molecular complexity index is 1560. The molecule has 0 saturated carbocycles. The number of nitrogens with zero attached hydrogens (tertiary/aromatic N) is 5. The molecule has 0 aliphatic heterocycles. The maximum absolute atomic E-state index is 13.7. The minimum Gasteiger partial charge on any atom is -0.477 e. The van der Waals surface area contributed by atoms with E-state index in [1.54, 1.807) is 16.9 Å². The first-order chi connectivity index (χ1) is 16.4. The Morgan fingerprint density at radius 1 is 1.06 bits per heavy atom. The average Bonchev–Trinajstić information content (AvgIpc) is 3.18. The summed E-state index contributed by atoms with van der Waals surface area (Å²) in [7, 11) is 1.83. The highest BCUT2D eigenvalue weighted by atomic mass is 19.3. The van der Waals surface area contributed by atoms with E-state index in [4.69, 9.17) is 4.74 Å². The molecule has 8 nitrogen and oxygen atoms in total. The molecule has 5 aromatic rings. The molecule has 2 aromatic carbocycles. The maximum Gasteiger partial charge on any atom is 0.387 e. The zero-order valence-electron chi connectivity index (χ0n) is 18.3. The number of pyridine rings is 1. The molecule has 3 heterocycles. The van der Waals surface area contributed by atoms with Crippen LogP contribution in [0.4, 0.5) is 8.78 Å². The topological polar surface area (TPSA) is 84.1 Å². The van der Waals surface area contributed by atoms with Crippen LogP contribution in [-0.4, -0.2) is 37.5 Å². The first-order valence-corrected chi connectivity index (χ1v) is 10.5. The second-order valence-corrected chi connectivity index (χ2v) is 7.50. The van der Waals surface area contributed by atoms with E-state index in [2.05, 4.69) is 19.8 Å². The predicted octanol–water partition coefficient (Wildman–Crippen LogP) is 4.33. The Balaban J connectivity index is 1.74. The summed E-state index contributed by atoms with van der Waals surface area (Å²) >= 11 is 0. The third-order valence-electron chi connectivity index (χ3n) is 5.24. The molecule has 3 aromatic heterocycles. The number of halogens is 2. The van der Waals surface area contributed by atoms with E-state index in [9.17, 15) is 13.6 Å². The van der Waals surface area contributed by atoms with Crippen molar-refractivity contribution < 1.29 is 18.3 Å². The molecule has 5 rings (SSSR count). The van der Waals surface area contributed by atoms with Crippen LogP contribution in [0.3, 0.4) is 0 Å². The molecule has 0 aliphatic rings. The Morgan fingerprint density at radius 3 is 2.59 bits per heavy atom. The molecule has 172 valence electrons. The zero-order chi connectivity index (χ0) is 23.8. The Labute approximate surface area is 192 Å². The molecule has 0 fully saturated rings. The van der Waals surface area contributed by atoms with E-state index in [0.29, 0.717) is 28.9 Å². The highest BCUT2D eigenvalue weighted by Crippen LogP contribution is 2.28. The van der Waals surface area contributed by atoms with Crippen LogP contribution < -0.4 is 15.0 Å².